The first-order valence-corrected chi connectivity index (χ1v) is 13.5. The summed E-state index contributed by atoms with van der Waals surface area (Å²) in [6, 6.07) is -1.30. The second-order valence-corrected chi connectivity index (χ2v) is 10.9. The zero-order valence-corrected chi connectivity index (χ0v) is 23.7. The van der Waals surface area contributed by atoms with E-state index in [2.05, 4.69) is 4.94 Å². The Kier molecular flexibility index (Phi) is 9.63. The monoisotopic (exact) mass is 620 g/mol. The number of nitriles is 1. The van der Waals surface area contributed by atoms with Gasteiger partial charge in [-0.3, -0.25) is 4.79 Å². The summed E-state index contributed by atoms with van der Waals surface area (Å²) in [5, 5.41) is 20.6. The summed E-state index contributed by atoms with van der Waals surface area (Å²) in [6.45, 7) is 5.25. The zero-order chi connectivity index (χ0) is 30.9. The molecule has 0 radical (unpaired) electrons. The Labute approximate surface area is 243 Å². The van der Waals surface area contributed by atoms with E-state index >= 15 is 17.6 Å². The van der Waals surface area contributed by atoms with E-state index in [1.54, 1.807) is 20.8 Å². The number of carboxylic acids is 1. The van der Waals surface area contributed by atoms with Crippen molar-refractivity contribution in [2.45, 2.75) is 75.9 Å². The van der Waals surface area contributed by atoms with Gasteiger partial charge in [-0.15, -0.1) is 0 Å². The van der Waals surface area contributed by atoms with Gasteiger partial charge >= 0.3 is 18.0 Å². The predicted octanol–water partition coefficient (Wildman–Crippen LogP) is 7.58. The van der Waals surface area contributed by atoms with E-state index in [4.69, 9.17) is 23.2 Å². The smallest absolute Gasteiger partial charge is 0.434 e. The van der Waals surface area contributed by atoms with Crippen LogP contribution >= 0.6 is 23.2 Å². The van der Waals surface area contributed by atoms with Crippen LogP contribution in [0.15, 0.2) is 36.4 Å². The average Bonchev–Trinajstić information content (AvgIpc) is 3.23. The van der Waals surface area contributed by atoms with Gasteiger partial charge in [0.05, 0.1) is 11.1 Å². The van der Waals surface area contributed by atoms with E-state index in [-0.39, 0.29) is 16.3 Å². The largest absolute Gasteiger partial charge is 0.480 e. The molecule has 2 aromatic carbocycles. The lowest BCUT2D eigenvalue weighted by molar-refractivity contribution is -0.245. The molecule has 1 aliphatic heterocycles. The highest BCUT2D eigenvalue weighted by Gasteiger charge is 2.72. The maximum atomic E-state index is 15.9. The molecule has 1 N–H and O–H groups in total. The molecule has 0 aliphatic carbocycles. The fourth-order valence-corrected chi connectivity index (χ4v) is 6.56. The highest BCUT2D eigenvalue weighted by molar-refractivity contribution is 6.31. The molecule has 1 saturated heterocycles. The van der Waals surface area contributed by atoms with Crippen LogP contribution < -0.4 is 0 Å². The minimum Gasteiger partial charge on any atom is -0.480 e. The maximum Gasteiger partial charge on any atom is 0.434 e. The molecule has 0 unspecified atom stereocenters. The van der Waals surface area contributed by atoms with Crippen LogP contribution in [0.25, 0.3) is 0 Å². The van der Waals surface area contributed by atoms with Crippen molar-refractivity contribution >= 4 is 35.1 Å². The lowest BCUT2D eigenvalue weighted by Crippen LogP contribution is -2.58. The number of hydrogen-bond acceptors (Lipinski definition) is 5. The molecule has 0 spiro atoms. The van der Waals surface area contributed by atoms with Crippen LogP contribution in [0.5, 0.6) is 0 Å². The summed E-state index contributed by atoms with van der Waals surface area (Å²) in [6.07, 6.45) is 0.662. The van der Waals surface area contributed by atoms with Crippen LogP contribution in [0.2, 0.25) is 10.0 Å². The maximum absolute atomic E-state index is 15.9. The Morgan fingerprint density at radius 2 is 1.73 bits per heavy atom. The highest BCUT2D eigenvalue weighted by Crippen LogP contribution is 2.59. The van der Waals surface area contributed by atoms with Crippen molar-refractivity contribution in [1.82, 2.24) is 4.90 Å². The zero-order valence-electron chi connectivity index (χ0n) is 22.2. The van der Waals surface area contributed by atoms with Gasteiger partial charge in [-0.2, -0.15) is 14.0 Å². The molecule has 13 heteroatoms. The second-order valence-electron chi connectivity index (χ2n) is 10.1. The molecular formula is C28H27Cl2F5N2O4. The number of carboxylic acid groups (broad SMARTS) is 1. The third kappa shape index (κ3) is 5.26. The van der Waals surface area contributed by atoms with Gasteiger partial charge < -0.3 is 5.11 Å². The lowest BCUT2D eigenvalue weighted by atomic mass is 9.61. The third-order valence-corrected chi connectivity index (χ3v) is 9.14. The van der Waals surface area contributed by atoms with Crippen LogP contribution in [0, 0.1) is 28.4 Å². The molecule has 4 atom stereocenters. The van der Waals surface area contributed by atoms with Crippen LogP contribution in [-0.4, -0.2) is 40.1 Å². The van der Waals surface area contributed by atoms with Gasteiger partial charge in [0.15, 0.2) is 0 Å². The van der Waals surface area contributed by atoms with Crippen molar-refractivity contribution in [1.29, 1.82) is 5.26 Å². The van der Waals surface area contributed by atoms with E-state index in [1.165, 1.54) is 12.1 Å². The number of nitrogens with zero attached hydrogens (tertiary/aromatic N) is 2. The van der Waals surface area contributed by atoms with Gasteiger partial charge in [-0.25, -0.2) is 23.4 Å². The molecule has 1 aliphatic rings. The van der Waals surface area contributed by atoms with E-state index in [0.29, 0.717) is 19.3 Å². The topological polar surface area (TPSA) is 90.6 Å². The number of benzene rings is 2. The Bertz CT molecular complexity index is 1360. The Morgan fingerprint density at radius 1 is 1.12 bits per heavy atom. The average molecular weight is 621 g/mol. The van der Waals surface area contributed by atoms with E-state index in [0.717, 1.165) is 24.3 Å². The van der Waals surface area contributed by atoms with Crippen molar-refractivity contribution in [3.8, 4) is 6.07 Å². The molecule has 0 saturated carbocycles. The lowest BCUT2D eigenvalue weighted by Gasteiger charge is -2.43. The molecule has 0 bridgehead atoms. The molecule has 1 heterocycles. The molecule has 3 rings (SSSR count). The van der Waals surface area contributed by atoms with E-state index < -0.39 is 74.6 Å². The summed E-state index contributed by atoms with van der Waals surface area (Å²) in [4.78, 5) is 27.7. The number of hydrogen-bond donors (Lipinski definition) is 1. The fraction of sp³-hybridized carbons (Fsp3) is 0.464. The quantitative estimate of drug-likeness (QED) is 0.217. The van der Waals surface area contributed by atoms with E-state index in [1.807, 2.05) is 6.07 Å². The van der Waals surface area contributed by atoms with Crippen LogP contribution in [-0.2, 0) is 19.9 Å². The first kappa shape index (κ1) is 32.6. The van der Waals surface area contributed by atoms with Crippen LogP contribution in [0.4, 0.5) is 22.1 Å². The number of rotatable bonds is 10. The fourth-order valence-electron chi connectivity index (χ4n) is 6.22. The Morgan fingerprint density at radius 3 is 2.22 bits per heavy atom. The standard InChI is InChI=1S/C28H27Cl2F5N2O4/c1-4-26(5-2,6-3)13-20-27(14-36,17-11-10-15(29)12-19(17)31)21(16-8-7-9-18(30)22(16)32)23(24(38)39)37(20)28(33,34)25(40)41-35/h7-12,20-21,23H,4-6,13H2,1-3H3,(H,38,39)/t20-,21-,23+,27-/m0/s1. The molecular weight excluding hydrogens is 594 g/mol. The van der Waals surface area contributed by atoms with Gasteiger partial charge in [-0.05, 0) is 35.6 Å². The third-order valence-electron chi connectivity index (χ3n) is 8.62. The first-order chi connectivity index (χ1) is 19.2. The van der Waals surface area contributed by atoms with Crippen molar-refractivity contribution in [2.75, 3.05) is 0 Å². The van der Waals surface area contributed by atoms with Gasteiger partial charge in [0, 0.05) is 27.1 Å². The van der Waals surface area contributed by atoms with Gasteiger partial charge in [0.2, 0.25) is 0 Å². The van der Waals surface area contributed by atoms with Gasteiger partial charge in [-0.1, -0.05) is 81.4 Å². The summed E-state index contributed by atoms with van der Waals surface area (Å²) in [7, 11) is 0. The van der Waals surface area contributed by atoms with Crippen LogP contribution in [0.3, 0.4) is 0 Å². The molecule has 2 aromatic rings. The molecule has 222 valence electrons. The number of alkyl halides is 2. The predicted molar refractivity (Wildman–Crippen MR) is 140 cm³/mol. The van der Waals surface area contributed by atoms with E-state index in [9.17, 15) is 24.5 Å². The molecule has 0 aromatic heterocycles. The molecule has 6 nitrogen and oxygen atoms in total. The Balaban J connectivity index is 2.61. The van der Waals surface area contributed by atoms with Crippen molar-refractivity contribution in [2.24, 2.45) is 5.41 Å². The van der Waals surface area contributed by atoms with Crippen molar-refractivity contribution in [3.63, 3.8) is 0 Å². The normalized spacial score (nSPS) is 23.3. The van der Waals surface area contributed by atoms with Crippen molar-refractivity contribution < 1.29 is 41.7 Å². The SMILES string of the molecule is CCC(CC)(CC)C[C@@H]1N(C(F)(F)C(=O)OF)[C@@H](C(=O)O)[C@H](c2cccc(Cl)c2F)[C@@]1(C#N)c1ccc(Cl)cc1F. The number of halogens is 7. The van der Waals surface area contributed by atoms with Gasteiger partial charge in [0.1, 0.15) is 23.1 Å². The van der Waals surface area contributed by atoms with Crippen molar-refractivity contribution in [3.05, 3.63) is 69.2 Å². The summed E-state index contributed by atoms with van der Waals surface area (Å²) < 4.78 is 76.3. The number of carbonyl (C=O) groups is 2. The molecule has 41 heavy (non-hydrogen) atoms. The van der Waals surface area contributed by atoms with Gasteiger partial charge in [0.25, 0.3) is 0 Å². The number of aliphatic carboxylic acids is 1. The summed E-state index contributed by atoms with van der Waals surface area (Å²) in [5.41, 5.74) is -4.58. The minimum atomic E-state index is -4.99. The first-order valence-electron chi connectivity index (χ1n) is 12.8. The second kappa shape index (κ2) is 12.1. The number of carbonyl (C=O) groups excluding carboxylic acids is 1. The summed E-state index contributed by atoms with van der Waals surface area (Å²) in [5.74, 6) is -9.23. The van der Waals surface area contributed by atoms with Crippen LogP contribution in [0.1, 0.15) is 63.5 Å². The summed E-state index contributed by atoms with van der Waals surface area (Å²) >= 11 is 11.9. The molecule has 1 fully saturated rings. The highest BCUT2D eigenvalue weighted by atomic mass is 35.5. The minimum absolute atomic E-state index is 0.123. The Hall–Kier alpha value is -2.94. The molecule has 0 amide bonds. The number of likely N-dealkylation sites (tertiary alicyclic amines) is 1.